The molecule has 0 spiro atoms. The van der Waals surface area contributed by atoms with Crippen LogP contribution in [0.3, 0.4) is 0 Å². The largest absolute Gasteiger partial charge is 0.458 e. The molecule has 29 heavy (non-hydrogen) atoms. The van der Waals surface area contributed by atoms with Gasteiger partial charge in [-0.3, -0.25) is 4.79 Å². The highest BCUT2D eigenvalue weighted by Gasteiger charge is 2.45. The van der Waals surface area contributed by atoms with Gasteiger partial charge in [0.15, 0.2) is 5.60 Å². The maximum Gasteiger partial charge on any atom is 0.343 e. The summed E-state index contributed by atoms with van der Waals surface area (Å²) in [4.78, 5) is 30.3. The van der Waals surface area contributed by atoms with Crippen molar-refractivity contribution in [3.8, 4) is 11.4 Å². The van der Waals surface area contributed by atoms with Gasteiger partial charge in [-0.05, 0) is 36.6 Å². The number of aromatic nitrogens is 2. The maximum atomic E-state index is 13.2. The number of carbonyl (C=O) groups excluding carboxylic acids is 1. The van der Waals surface area contributed by atoms with Crippen molar-refractivity contribution in [1.29, 1.82) is 0 Å². The standard InChI is InChI=1S/C22H21N3O4/c1-3-22(28)15-7-17-19-13(9-25(17)20(26)14(15)10-29-21(22)27)11(2)18-12(8-23)5-4-6-16(18)24-19/h4-7,28H,3,8-10,23H2,1-2H3/t22-/m0/s1. The quantitative estimate of drug-likeness (QED) is 0.505. The number of carbonyl (C=O) groups is 1. The van der Waals surface area contributed by atoms with Crippen LogP contribution >= 0.6 is 0 Å². The summed E-state index contributed by atoms with van der Waals surface area (Å²) in [5.74, 6) is -0.717. The number of ether oxygens (including phenoxy) is 1. The van der Waals surface area contributed by atoms with E-state index in [-0.39, 0.29) is 18.6 Å². The van der Waals surface area contributed by atoms with Crippen molar-refractivity contribution in [1.82, 2.24) is 9.55 Å². The predicted octanol–water partition coefficient (Wildman–Crippen LogP) is 1.85. The van der Waals surface area contributed by atoms with E-state index in [1.165, 1.54) is 0 Å². The van der Waals surface area contributed by atoms with Crippen molar-refractivity contribution < 1.29 is 14.6 Å². The zero-order chi connectivity index (χ0) is 20.5. The van der Waals surface area contributed by atoms with Crippen LogP contribution in [0.5, 0.6) is 0 Å². The molecule has 2 aliphatic rings. The number of nitrogens with zero attached hydrogens (tertiary/aromatic N) is 2. The second kappa shape index (κ2) is 5.98. The SMILES string of the molecule is CC[C@@]1(O)C(=O)OCc2c1cc1n(c2=O)Cc2c-1nc1cccc(CN)c1c2C. The zero-order valence-electron chi connectivity index (χ0n) is 16.3. The molecule has 0 aliphatic carbocycles. The van der Waals surface area contributed by atoms with Crippen molar-refractivity contribution in [3.63, 3.8) is 0 Å². The van der Waals surface area contributed by atoms with E-state index in [0.29, 0.717) is 35.6 Å². The number of aryl methyl sites for hydroxylation is 1. The third-order valence-electron chi connectivity index (χ3n) is 6.30. The molecule has 4 heterocycles. The van der Waals surface area contributed by atoms with E-state index in [2.05, 4.69) is 0 Å². The number of nitrogens with two attached hydrogens (primary N) is 1. The fraction of sp³-hybridized carbons (Fsp3) is 0.318. The van der Waals surface area contributed by atoms with E-state index in [9.17, 15) is 14.7 Å². The second-order valence-electron chi connectivity index (χ2n) is 7.68. The van der Waals surface area contributed by atoms with Gasteiger partial charge in [0.05, 0.1) is 29.0 Å². The first-order chi connectivity index (χ1) is 13.9. The van der Waals surface area contributed by atoms with Gasteiger partial charge in [0.2, 0.25) is 0 Å². The summed E-state index contributed by atoms with van der Waals surface area (Å²) in [6, 6.07) is 7.57. The Morgan fingerprint density at radius 1 is 1.31 bits per heavy atom. The van der Waals surface area contributed by atoms with Gasteiger partial charge < -0.3 is 20.1 Å². The molecular formula is C22H21N3O4. The Hall–Kier alpha value is -3.03. The predicted molar refractivity (Wildman–Crippen MR) is 107 cm³/mol. The Labute approximate surface area is 166 Å². The average molecular weight is 391 g/mol. The van der Waals surface area contributed by atoms with E-state index in [0.717, 1.165) is 27.6 Å². The summed E-state index contributed by atoms with van der Waals surface area (Å²) in [5.41, 5.74) is 9.68. The number of aliphatic hydroxyl groups is 1. The number of cyclic esters (lactones) is 1. The molecule has 0 unspecified atom stereocenters. The number of esters is 1. The van der Waals surface area contributed by atoms with E-state index in [4.69, 9.17) is 15.5 Å². The number of hydrogen-bond acceptors (Lipinski definition) is 6. The molecule has 0 bridgehead atoms. The van der Waals surface area contributed by atoms with E-state index in [1.54, 1.807) is 17.6 Å². The Morgan fingerprint density at radius 3 is 2.83 bits per heavy atom. The number of fused-ring (bicyclic) bond motifs is 5. The topological polar surface area (TPSA) is 107 Å². The zero-order valence-corrected chi connectivity index (χ0v) is 16.3. The van der Waals surface area contributed by atoms with Gasteiger partial charge >= 0.3 is 5.97 Å². The molecule has 0 saturated carbocycles. The fourth-order valence-corrected chi connectivity index (χ4v) is 4.62. The molecule has 1 atom stereocenters. The number of benzene rings is 1. The van der Waals surface area contributed by atoms with E-state index in [1.807, 2.05) is 25.1 Å². The lowest BCUT2D eigenvalue weighted by molar-refractivity contribution is -0.172. The molecule has 2 aliphatic heterocycles. The molecular weight excluding hydrogens is 370 g/mol. The minimum atomic E-state index is -1.82. The molecule has 7 heteroatoms. The van der Waals surface area contributed by atoms with E-state index >= 15 is 0 Å². The molecule has 148 valence electrons. The molecule has 1 aromatic carbocycles. The van der Waals surface area contributed by atoms with Crippen molar-refractivity contribution in [2.45, 2.75) is 45.6 Å². The highest BCUT2D eigenvalue weighted by Crippen LogP contribution is 2.40. The van der Waals surface area contributed by atoms with Crippen LogP contribution in [0.2, 0.25) is 0 Å². The molecule has 2 aromatic heterocycles. The van der Waals surface area contributed by atoms with Gasteiger partial charge in [0.1, 0.15) is 6.61 Å². The van der Waals surface area contributed by atoms with Crippen LogP contribution in [0.1, 0.15) is 41.2 Å². The minimum Gasteiger partial charge on any atom is -0.458 e. The number of pyridine rings is 2. The Kier molecular flexibility index (Phi) is 3.72. The van der Waals surface area contributed by atoms with Gasteiger partial charge in [-0.15, -0.1) is 0 Å². The van der Waals surface area contributed by atoms with Crippen LogP contribution in [0.15, 0.2) is 29.1 Å². The van der Waals surface area contributed by atoms with Gasteiger partial charge in [-0.2, -0.15) is 0 Å². The fourth-order valence-electron chi connectivity index (χ4n) is 4.62. The summed E-state index contributed by atoms with van der Waals surface area (Å²) < 4.78 is 6.77. The monoisotopic (exact) mass is 391 g/mol. The van der Waals surface area contributed by atoms with Crippen molar-refractivity contribution in [3.05, 3.63) is 62.4 Å². The smallest absolute Gasteiger partial charge is 0.343 e. The normalized spacial score (nSPS) is 19.7. The van der Waals surface area contributed by atoms with Crippen molar-refractivity contribution in [2.75, 3.05) is 0 Å². The first kappa shape index (κ1) is 18.0. The summed E-state index contributed by atoms with van der Waals surface area (Å²) in [6.45, 7) is 4.39. The van der Waals surface area contributed by atoms with Crippen molar-refractivity contribution >= 4 is 16.9 Å². The number of hydrogen-bond donors (Lipinski definition) is 2. The molecule has 3 N–H and O–H groups in total. The summed E-state index contributed by atoms with van der Waals surface area (Å²) in [6.07, 6.45) is 0.124. The summed E-state index contributed by atoms with van der Waals surface area (Å²) in [7, 11) is 0. The summed E-state index contributed by atoms with van der Waals surface area (Å²) >= 11 is 0. The number of rotatable bonds is 2. The molecule has 3 aromatic rings. The average Bonchev–Trinajstić information content (AvgIpc) is 3.10. The molecule has 0 amide bonds. The molecule has 5 rings (SSSR count). The molecule has 0 saturated heterocycles. The molecule has 7 nitrogen and oxygen atoms in total. The maximum absolute atomic E-state index is 13.2. The first-order valence-electron chi connectivity index (χ1n) is 9.69. The van der Waals surface area contributed by atoms with Crippen LogP contribution in [0.4, 0.5) is 0 Å². The lowest BCUT2D eigenvalue weighted by Crippen LogP contribution is -2.44. The molecule has 0 radical (unpaired) electrons. The van der Waals surface area contributed by atoms with E-state index < -0.39 is 11.6 Å². The van der Waals surface area contributed by atoms with Gasteiger partial charge in [-0.25, -0.2) is 9.78 Å². The second-order valence-corrected chi connectivity index (χ2v) is 7.68. The summed E-state index contributed by atoms with van der Waals surface area (Å²) in [5, 5.41) is 12.0. The lowest BCUT2D eigenvalue weighted by Gasteiger charge is -2.31. The van der Waals surface area contributed by atoms with Crippen LogP contribution in [0, 0.1) is 6.92 Å². The van der Waals surface area contributed by atoms with Crippen LogP contribution in [-0.4, -0.2) is 20.6 Å². The van der Waals surface area contributed by atoms with Crippen molar-refractivity contribution in [2.24, 2.45) is 5.73 Å². The lowest BCUT2D eigenvalue weighted by atomic mass is 9.86. The first-order valence-corrected chi connectivity index (χ1v) is 9.69. The Bertz CT molecular complexity index is 1280. The van der Waals surface area contributed by atoms with Gasteiger partial charge in [-0.1, -0.05) is 19.1 Å². The van der Waals surface area contributed by atoms with Crippen LogP contribution in [0.25, 0.3) is 22.3 Å². The van der Waals surface area contributed by atoms with Crippen LogP contribution < -0.4 is 11.3 Å². The van der Waals surface area contributed by atoms with Crippen LogP contribution in [-0.2, 0) is 34.8 Å². The Morgan fingerprint density at radius 2 is 2.10 bits per heavy atom. The van der Waals surface area contributed by atoms with Gasteiger partial charge in [0, 0.05) is 23.1 Å². The highest BCUT2D eigenvalue weighted by atomic mass is 16.6. The molecule has 0 fully saturated rings. The highest BCUT2D eigenvalue weighted by molar-refractivity contribution is 5.91. The third-order valence-corrected chi connectivity index (χ3v) is 6.30. The third kappa shape index (κ3) is 2.22. The minimum absolute atomic E-state index is 0.124. The van der Waals surface area contributed by atoms with Gasteiger partial charge in [0.25, 0.3) is 5.56 Å². The Balaban J connectivity index is 1.83.